The summed E-state index contributed by atoms with van der Waals surface area (Å²) < 4.78 is 10.6. The molecule has 2 rings (SSSR count). The van der Waals surface area contributed by atoms with Crippen molar-refractivity contribution >= 4 is 34.8 Å². The Hall–Kier alpha value is -3.00. The van der Waals surface area contributed by atoms with E-state index >= 15 is 0 Å². The van der Waals surface area contributed by atoms with E-state index in [2.05, 4.69) is 5.32 Å². The van der Waals surface area contributed by atoms with Gasteiger partial charge in [-0.1, -0.05) is 20.8 Å². The van der Waals surface area contributed by atoms with Crippen molar-refractivity contribution < 1.29 is 28.7 Å². The highest BCUT2D eigenvalue weighted by atomic mass is 32.1. The number of carbonyl (C=O) groups excluding carboxylic acids is 4. The maximum absolute atomic E-state index is 12.2. The number of hydrogen-bond acceptors (Lipinski definition) is 7. The maximum Gasteiger partial charge on any atom is 0.306 e. The van der Waals surface area contributed by atoms with Crippen molar-refractivity contribution in [3.63, 3.8) is 0 Å². The van der Waals surface area contributed by atoms with Crippen molar-refractivity contribution in [2.24, 2.45) is 5.41 Å². The highest BCUT2D eigenvalue weighted by Gasteiger charge is 2.21. The molecule has 0 aliphatic rings. The van der Waals surface area contributed by atoms with E-state index in [-0.39, 0.29) is 30.5 Å². The maximum atomic E-state index is 12.2. The van der Waals surface area contributed by atoms with Gasteiger partial charge < -0.3 is 14.8 Å². The average molecular weight is 460 g/mol. The zero-order valence-electron chi connectivity index (χ0n) is 18.9. The van der Waals surface area contributed by atoms with Crippen molar-refractivity contribution in [1.82, 2.24) is 5.32 Å². The Morgan fingerprint density at radius 1 is 1.00 bits per heavy atom. The lowest BCUT2D eigenvalue weighted by atomic mass is 9.96. The molecule has 0 aliphatic carbocycles. The van der Waals surface area contributed by atoms with E-state index < -0.39 is 11.4 Å². The molecule has 172 valence electrons. The van der Waals surface area contributed by atoms with Crippen LogP contribution in [0, 0.1) is 5.41 Å². The predicted octanol–water partition coefficient (Wildman–Crippen LogP) is 4.20. The van der Waals surface area contributed by atoms with Crippen LogP contribution in [-0.4, -0.2) is 36.7 Å². The summed E-state index contributed by atoms with van der Waals surface area (Å²) in [6.45, 7) is 7.34. The highest BCUT2D eigenvalue weighted by molar-refractivity contribution is 7.14. The van der Waals surface area contributed by atoms with Crippen LogP contribution in [0.4, 0.5) is 0 Å². The molecule has 0 atom stereocenters. The summed E-state index contributed by atoms with van der Waals surface area (Å²) in [5.41, 5.74) is 0.132. The first-order chi connectivity index (χ1) is 15.1. The van der Waals surface area contributed by atoms with Gasteiger partial charge in [-0.2, -0.15) is 0 Å². The lowest BCUT2D eigenvalue weighted by molar-refractivity contribution is -0.142. The summed E-state index contributed by atoms with van der Waals surface area (Å²) in [7, 11) is 0. The van der Waals surface area contributed by atoms with Gasteiger partial charge in [-0.05, 0) is 49.7 Å². The van der Waals surface area contributed by atoms with Gasteiger partial charge in [0.05, 0.1) is 18.0 Å². The summed E-state index contributed by atoms with van der Waals surface area (Å²) in [5.74, 6) is -0.211. The fourth-order valence-electron chi connectivity index (χ4n) is 2.54. The minimum Gasteiger partial charge on any atom is -0.494 e. The molecule has 0 saturated heterocycles. The van der Waals surface area contributed by atoms with E-state index in [1.807, 2.05) is 20.8 Å². The molecule has 0 bridgehead atoms. The van der Waals surface area contributed by atoms with E-state index in [0.29, 0.717) is 35.8 Å². The molecule has 1 N–H and O–H groups in total. The van der Waals surface area contributed by atoms with E-state index in [4.69, 9.17) is 9.47 Å². The molecule has 0 unspecified atom stereocenters. The first-order valence-electron chi connectivity index (χ1n) is 10.4. The zero-order valence-corrected chi connectivity index (χ0v) is 19.7. The van der Waals surface area contributed by atoms with Crippen LogP contribution in [0.2, 0.25) is 0 Å². The van der Waals surface area contributed by atoms with Gasteiger partial charge in [-0.25, -0.2) is 0 Å². The summed E-state index contributed by atoms with van der Waals surface area (Å²) in [6, 6.07) is 10.2. The molecule has 0 saturated carbocycles. The molecule has 7 nitrogen and oxygen atoms in total. The Morgan fingerprint density at radius 3 is 2.31 bits per heavy atom. The number of rotatable bonds is 11. The summed E-state index contributed by atoms with van der Waals surface area (Å²) >= 11 is 1.27. The fourth-order valence-corrected chi connectivity index (χ4v) is 3.41. The largest absolute Gasteiger partial charge is 0.494 e. The van der Waals surface area contributed by atoms with Gasteiger partial charge in [0.1, 0.15) is 5.75 Å². The second kappa shape index (κ2) is 11.6. The number of thiophene rings is 1. The van der Waals surface area contributed by atoms with Crippen molar-refractivity contribution in [2.45, 2.75) is 47.1 Å². The smallest absolute Gasteiger partial charge is 0.306 e. The topological polar surface area (TPSA) is 98.8 Å². The third kappa shape index (κ3) is 8.26. The van der Waals surface area contributed by atoms with Crippen LogP contribution in [0.5, 0.6) is 5.75 Å². The monoisotopic (exact) mass is 459 g/mol. The van der Waals surface area contributed by atoms with Gasteiger partial charge in [0.15, 0.2) is 12.4 Å². The molecule has 1 aromatic heterocycles. The van der Waals surface area contributed by atoms with Crippen molar-refractivity contribution in [3.8, 4) is 5.75 Å². The molecular formula is C24H29NO6S. The number of ketones is 2. The van der Waals surface area contributed by atoms with Crippen LogP contribution in [0.3, 0.4) is 0 Å². The molecule has 32 heavy (non-hydrogen) atoms. The normalized spacial score (nSPS) is 11.0. The zero-order chi connectivity index (χ0) is 23.7. The number of Topliss-reactive ketones (excluding diaryl/α,β-unsaturated/α-hetero) is 2. The van der Waals surface area contributed by atoms with Crippen LogP contribution in [0.15, 0.2) is 36.4 Å². The van der Waals surface area contributed by atoms with Crippen LogP contribution in [0.1, 0.15) is 65.4 Å². The van der Waals surface area contributed by atoms with Gasteiger partial charge in [0.2, 0.25) is 11.7 Å². The number of esters is 1. The second-order valence-electron chi connectivity index (χ2n) is 8.32. The van der Waals surface area contributed by atoms with Gasteiger partial charge in [0.25, 0.3) is 0 Å². The Kier molecular flexibility index (Phi) is 9.13. The number of hydrogen-bond donors (Lipinski definition) is 1. The third-order valence-corrected chi connectivity index (χ3v) is 5.59. The number of ether oxygens (including phenoxy) is 2. The second-order valence-corrected chi connectivity index (χ2v) is 9.48. The summed E-state index contributed by atoms with van der Waals surface area (Å²) in [5, 5.41) is 2.84. The Labute approximate surface area is 192 Å². The average Bonchev–Trinajstić information content (AvgIpc) is 3.22. The van der Waals surface area contributed by atoms with Gasteiger partial charge in [0, 0.05) is 22.3 Å². The molecule has 8 heteroatoms. The molecule has 1 aromatic carbocycles. The Balaban J connectivity index is 1.66. The number of amides is 1. The van der Waals surface area contributed by atoms with Crippen molar-refractivity contribution in [3.05, 3.63) is 51.7 Å². The van der Waals surface area contributed by atoms with Crippen LogP contribution >= 0.6 is 11.3 Å². The van der Waals surface area contributed by atoms with Gasteiger partial charge in [-0.15, -0.1) is 11.3 Å². The molecule has 1 amide bonds. The van der Waals surface area contributed by atoms with Crippen molar-refractivity contribution in [1.29, 1.82) is 0 Å². The third-order valence-electron chi connectivity index (χ3n) is 4.46. The SMILES string of the molecule is CC(=O)c1ccc(OCCCC(=O)OCC(=O)c2ccc(CNC(=O)C(C)(C)C)s2)cc1. The molecule has 0 spiro atoms. The Morgan fingerprint density at radius 2 is 1.69 bits per heavy atom. The van der Waals surface area contributed by atoms with Crippen molar-refractivity contribution in [2.75, 3.05) is 13.2 Å². The van der Waals surface area contributed by atoms with E-state index in [1.165, 1.54) is 18.3 Å². The molecule has 0 aliphatic heterocycles. The van der Waals surface area contributed by atoms with Crippen LogP contribution in [0.25, 0.3) is 0 Å². The van der Waals surface area contributed by atoms with E-state index in [1.54, 1.807) is 36.4 Å². The first-order valence-corrected chi connectivity index (χ1v) is 11.2. The number of nitrogens with one attached hydrogen (secondary N) is 1. The summed E-state index contributed by atoms with van der Waals surface area (Å²) in [6.07, 6.45) is 0.575. The summed E-state index contributed by atoms with van der Waals surface area (Å²) in [4.78, 5) is 48.6. The van der Waals surface area contributed by atoms with Gasteiger partial charge in [-0.3, -0.25) is 19.2 Å². The molecule has 2 aromatic rings. The lowest BCUT2D eigenvalue weighted by Gasteiger charge is -2.17. The van der Waals surface area contributed by atoms with Crippen LogP contribution in [-0.2, 0) is 20.9 Å². The standard InChI is InChI=1S/C24H29NO6S/c1-16(26)17-7-9-18(10-8-17)30-13-5-6-22(28)31-15-20(27)21-12-11-19(32-21)14-25-23(29)24(2,3)4/h7-12H,5-6,13-15H2,1-4H3,(H,25,29). The molecular weight excluding hydrogens is 430 g/mol. The van der Waals surface area contributed by atoms with Crippen LogP contribution < -0.4 is 10.1 Å². The number of benzene rings is 1. The predicted molar refractivity (Wildman–Crippen MR) is 122 cm³/mol. The minimum absolute atomic E-state index is 0.0140. The quantitative estimate of drug-likeness (QED) is 0.307. The van der Waals surface area contributed by atoms with Gasteiger partial charge >= 0.3 is 5.97 Å². The molecule has 0 fully saturated rings. The minimum atomic E-state index is -0.477. The lowest BCUT2D eigenvalue weighted by Crippen LogP contribution is -2.34. The highest BCUT2D eigenvalue weighted by Crippen LogP contribution is 2.19. The Bertz CT molecular complexity index is 956. The van der Waals surface area contributed by atoms with E-state index in [9.17, 15) is 19.2 Å². The fraction of sp³-hybridized carbons (Fsp3) is 0.417. The molecule has 0 radical (unpaired) electrons. The first kappa shape index (κ1) is 25.3. The number of carbonyl (C=O) groups is 4. The van der Waals surface area contributed by atoms with E-state index in [0.717, 1.165) is 4.88 Å². The molecule has 1 heterocycles.